The van der Waals surface area contributed by atoms with Crippen molar-refractivity contribution in [2.75, 3.05) is 6.54 Å². The van der Waals surface area contributed by atoms with E-state index in [-0.39, 0.29) is 18.4 Å². The number of carbonyl (C=O) groups is 2. The van der Waals surface area contributed by atoms with Gasteiger partial charge in [-0.1, -0.05) is 62.9 Å². The zero-order valence-electron chi connectivity index (χ0n) is 14.0. The number of amides is 1. The van der Waals surface area contributed by atoms with Crippen molar-refractivity contribution in [1.29, 1.82) is 0 Å². The molecular formula is C19H27NO3. The molecule has 2 unspecified atom stereocenters. The molecule has 1 aliphatic carbocycles. The first-order valence-electron chi connectivity index (χ1n) is 8.50. The van der Waals surface area contributed by atoms with Gasteiger partial charge in [0.2, 0.25) is 5.91 Å². The normalized spacial score (nSPS) is 19.0. The van der Waals surface area contributed by atoms with Crippen LogP contribution >= 0.6 is 0 Å². The van der Waals surface area contributed by atoms with E-state index in [9.17, 15) is 14.7 Å². The second-order valence-corrected chi connectivity index (χ2v) is 7.01. The smallest absolute Gasteiger partial charge is 0.315 e. The van der Waals surface area contributed by atoms with Gasteiger partial charge in [0.1, 0.15) is 5.41 Å². The Balaban J connectivity index is 1.95. The van der Waals surface area contributed by atoms with Crippen LogP contribution in [0.4, 0.5) is 0 Å². The maximum atomic E-state index is 12.3. The first-order valence-corrected chi connectivity index (χ1v) is 8.50. The van der Waals surface area contributed by atoms with Gasteiger partial charge in [-0.05, 0) is 24.8 Å². The highest BCUT2D eigenvalue weighted by atomic mass is 16.4. The number of hydrogen-bond acceptors (Lipinski definition) is 2. The number of carboxylic acid groups (broad SMARTS) is 1. The molecule has 0 bridgehead atoms. The molecule has 0 saturated heterocycles. The summed E-state index contributed by atoms with van der Waals surface area (Å²) in [4.78, 5) is 24.1. The summed E-state index contributed by atoms with van der Waals surface area (Å²) in [5.41, 5.74) is -0.402. The molecular weight excluding hydrogens is 290 g/mol. The van der Waals surface area contributed by atoms with Gasteiger partial charge in [-0.25, -0.2) is 0 Å². The van der Waals surface area contributed by atoms with Crippen molar-refractivity contribution in [3.05, 3.63) is 35.9 Å². The van der Waals surface area contributed by atoms with Crippen molar-refractivity contribution in [3.63, 3.8) is 0 Å². The average Bonchev–Trinajstić information content (AvgIpc) is 3.05. The third-order valence-corrected chi connectivity index (χ3v) is 5.11. The molecule has 2 N–H and O–H groups in total. The van der Waals surface area contributed by atoms with E-state index in [1.54, 1.807) is 19.1 Å². The molecule has 0 heterocycles. The maximum Gasteiger partial charge on any atom is 0.315 e. The van der Waals surface area contributed by atoms with Gasteiger partial charge in [0.05, 0.1) is 0 Å². The maximum absolute atomic E-state index is 12.3. The van der Waals surface area contributed by atoms with Gasteiger partial charge in [0.25, 0.3) is 0 Å². The van der Waals surface area contributed by atoms with Gasteiger partial charge >= 0.3 is 5.97 Å². The molecule has 0 aromatic heterocycles. The molecule has 4 heteroatoms. The third-order valence-electron chi connectivity index (χ3n) is 5.11. The summed E-state index contributed by atoms with van der Waals surface area (Å²) in [6.45, 7) is 3.71. The summed E-state index contributed by atoms with van der Waals surface area (Å²) < 4.78 is 0. The monoisotopic (exact) mass is 317 g/mol. The van der Waals surface area contributed by atoms with E-state index in [0.717, 1.165) is 6.42 Å². The minimum Gasteiger partial charge on any atom is -0.481 e. The van der Waals surface area contributed by atoms with Crippen LogP contribution in [0.15, 0.2) is 30.3 Å². The molecule has 4 nitrogen and oxygen atoms in total. The Morgan fingerprint density at radius 1 is 1.26 bits per heavy atom. The lowest BCUT2D eigenvalue weighted by Gasteiger charge is -2.27. The minimum atomic E-state index is -1.11. The SMILES string of the molecule is CC(CC1CCCC1)C(=O)NCC(C)(C(=O)O)c1ccccc1. The third kappa shape index (κ3) is 4.34. The summed E-state index contributed by atoms with van der Waals surface area (Å²) in [5, 5.41) is 12.5. The average molecular weight is 317 g/mol. The Morgan fingerprint density at radius 2 is 1.87 bits per heavy atom. The Kier molecular flexibility index (Phi) is 5.80. The van der Waals surface area contributed by atoms with Gasteiger partial charge < -0.3 is 10.4 Å². The van der Waals surface area contributed by atoms with Crippen molar-refractivity contribution in [1.82, 2.24) is 5.32 Å². The summed E-state index contributed by atoms with van der Waals surface area (Å²) in [7, 11) is 0. The number of rotatable bonds is 7. The molecule has 1 aromatic rings. The van der Waals surface area contributed by atoms with E-state index < -0.39 is 11.4 Å². The molecule has 0 aliphatic heterocycles. The standard InChI is InChI=1S/C19H27NO3/c1-14(12-15-8-6-7-9-15)17(21)20-13-19(2,18(22)23)16-10-4-3-5-11-16/h3-5,10-11,14-15H,6-9,12-13H2,1-2H3,(H,20,21)(H,22,23). The summed E-state index contributed by atoms with van der Waals surface area (Å²) in [6.07, 6.45) is 5.87. The highest BCUT2D eigenvalue weighted by Gasteiger charge is 2.36. The quantitative estimate of drug-likeness (QED) is 0.810. The fraction of sp³-hybridized carbons (Fsp3) is 0.579. The topological polar surface area (TPSA) is 66.4 Å². The second-order valence-electron chi connectivity index (χ2n) is 7.01. The number of carbonyl (C=O) groups excluding carboxylic acids is 1. The van der Waals surface area contributed by atoms with E-state index in [0.29, 0.717) is 11.5 Å². The van der Waals surface area contributed by atoms with Crippen LogP contribution in [-0.2, 0) is 15.0 Å². The van der Waals surface area contributed by atoms with Crippen LogP contribution in [0.25, 0.3) is 0 Å². The van der Waals surface area contributed by atoms with E-state index in [1.165, 1.54) is 25.7 Å². The Morgan fingerprint density at radius 3 is 2.43 bits per heavy atom. The van der Waals surface area contributed by atoms with Gasteiger partial charge in [0, 0.05) is 12.5 Å². The van der Waals surface area contributed by atoms with Crippen molar-refractivity contribution in [2.24, 2.45) is 11.8 Å². The number of nitrogens with one attached hydrogen (secondary N) is 1. The first kappa shape index (κ1) is 17.5. The van der Waals surface area contributed by atoms with Crippen LogP contribution in [0, 0.1) is 11.8 Å². The number of aliphatic carboxylic acids is 1. The highest BCUT2D eigenvalue weighted by Crippen LogP contribution is 2.30. The van der Waals surface area contributed by atoms with Crippen LogP contribution in [0.5, 0.6) is 0 Å². The van der Waals surface area contributed by atoms with Gasteiger partial charge in [-0.3, -0.25) is 9.59 Å². The minimum absolute atomic E-state index is 0.0414. The van der Waals surface area contributed by atoms with Crippen molar-refractivity contribution in [3.8, 4) is 0 Å². The summed E-state index contributed by atoms with van der Waals surface area (Å²) in [5.74, 6) is -0.379. The zero-order valence-corrected chi connectivity index (χ0v) is 14.0. The number of benzene rings is 1. The largest absolute Gasteiger partial charge is 0.481 e. The molecule has 2 rings (SSSR count). The van der Waals surface area contributed by atoms with Gasteiger partial charge in [-0.15, -0.1) is 0 Å². The molecule has 0 radical (unpaired) electrons. The van der Waals surface area contributed by atoms with Crippen LogP contribution in [0.2, 0.25) is 0 Å². The van der Waals surface area contributed by atoms with Crippen molar-refractivity contribution < 1.29 is 14.7 Å². The molecule has 1 saturated carbocycles. The fourth-order valence-corrected chi connectivity index (χ4v) is 3.40. The molecule has 1 fully saturated rings. The van der Waals surface area contributed by atoms with Crippen LogP contribution in [0.3, 0.4) is 0 Å². The molecule has 0 spiro atoms. The zero-order chi connectivity index (χ0) is 16.9. The Bertz CT molecular complexity index is 537. The van der Waals surface area contributed by atoms with Crippen molar-refractivity contribution >= 4 is 11.9 Å². The molecule has 126 valence electrons. The predicted molar refractivity (Wildman–Crippen MR) is 90.2 cm³/mol. The van der Waals surface area contributed by atoms with E-state index in [2.05, 4.69) is 5.32 Å². The van der Waals surface area contributed by atoms with Crippen LogP contribution in [0.1, 0.15) is 51.5 Å². The fourth-order valence-electron chi connectivity index (χ4n) is 3.40. The molecule has 2 atom stereocenters. The number of hydrogen-bond donors (Lipinski definition) is 2. The molecule has 23 heavy (non-hydrogen) atoms. The van der Waals surface area contributed by atoms with E-state index in [1.807, 2.05) is 25.1 Å². The first-order chi connectivity index (χ1) is 10.9. The summed E-state index contributed by atoms with van der Waals surface area (Å²) in [6, 6.07) is 9.08. The summed E-state index contributed by atoms with van der Waals surface area (Å²) >= 11 is 0. The van der Waals surface area contributed by atoms with Gasteiger partial charge in [-0.2, -0.15) is 0 Å². The van der Waals surface area contributed by atoms with E-state index in [4.69, 9.17) is 0 Å². The lowest BCUT2D eigenvalue weighted by molar-refractivity contribution is -0.143. The van der Waals surface area contributed by atoms with Crippen LogP contribution < -0.4 is 5.32 Å². The highest BCUT2D eigenvalue weighted by molar-refractivity contribution is 5.83. The molecule has 1 aliphatic rings. The van der Waals surface area contributed by atoms with Crippen molar-refractivity contribution in [2.45, 2.75) is 51.4 Å². The second kappa shape index (κ2) is 7.62. The lowest BCUT2D eigenvalue weighted by Crippen LogP contribution is -2.45. The Hall–Kier alpha value is -1.84. The lowest BCUT2D eigenvalue weighted by atomic mass is 9.82. The van der Waals surface area contributed by atoms with Crippen LogP contribution in [-0.4, -0.2) is 23.5 Å². The van der Waals surface area contributed by atoms with E-state index >= 15 is 0 Å². The molecule has 1 aromatic carbocycles. The molecule has 1 amide bonds. The Labute approximate surface area is 138 Å². The van der Waals surface area contributed by atoms with Gasteiger partial charge in [0.15, 0.2) is 0 Å². The predicted octanol–water partition coefficient (Wildman–Crippen LogP) is 3.36. The number of carboxylic acids is 1.